The van der Waals surface area contributed by atoms with Gasteiger partial charge < -0.3 is 19.9 Å². The molecule has 0 amide bonds. The molecule has 4 nitrogen and oxygen atoms in total. The quantitative estimate of drug-likeness (QED) is 0.770. The molecule has 0 aliphatic carbocycles. The predicted octanol–water partition coefficient (Wildman–Crippen LogP) is 1.71. The standard InChI is InChI=1S/C11H15F2NO3/c1-16-7-9(15)6-14-8-2-4-10(5-3-8)17-11(12)13/h2-5,9,11,14-15H,6-7H2,1H3. The van der Waals surface area contributed by atoms with Gasteiger partial charge >= 0.3 is 6.61 Å². The zero-order valence-corrected chi connectivity index (χ0v) is 9.40. The highest BCUT2D eigenvalue weighted by molar-refractivity contribution is 5.46. The summed E-state index contributed by atoms with van der Waals surface area (Å²) < 4.78 is 32.7. The maximum Gasteiger partial charge on any atom is 0.387 e. The van der Waals surface area contributed by atoms with Crippen LogP contribution in [0.25, 0.3) is 0 Å². The van der Waals surface area contributed by atoms with Crippen molar-refractivity contribution < 1.29 is 23.4 Å². The molecule has 1 aromatic carbocycles. The number of methoxy groups -OCH3 is 1. The van der Waals surface area contributed by atoms with Gasteiger partial charge in [0.25, 0.3) is 0 Å². The van der Waals surface area contributed by atoms with E-state index in [9.17, 15) is 13.9 Å². The van der Waals surface area contributed by atoms with E-state index >= 15 is 0 Å². The van der Waals surface area contributed by atoms with Gasteiger partial charge in [-0.05, 0) is 24.3 Å². The summed E-state index contributed by atoms with van der Waals surface area (Å²) in [4.78, 5) is 0. The molecule has 0 saturated carbocycles. The Labute approximate surface area is 98.2 Å². The second-order valence-electron chi connectivity index (χ2n) is 3.39. The fourth-order valence-electron chi connectivity index (χ4n) is 1.24. The van der Waals surface area contributed by atoms with Crippen LogP contribution in [0.15, 0.2) is 24.3 Å². The number of benzene rings is 1. The lowest BCUT2D eigenvalue weighted by molar-refractivity contribution is -0.0498. The highest BCUT2D eigenvalue weighted by Gasteiger charge is 2.05. The lowest BCUT2D eigenvalue weighted by Gasteiger charge is -2.12. The highest BCUT2D eigenvalue weighted by Crippen LogP contribution is 2.17. The van der Waals surface area contributed by atoms with Gasteiger partial charge in [0.2, 0.25) is 0 Å². The molecule has 0 aliphatic heterocycles. The van der Waals surface area contributed by atoms with Crippen molar-refractivity contribution in [1.82, 2.24) is 0 Å². The summed E-state index contributed by atoms with van der Waals surface area (Å²) in [5.74, 6) is 0.1000. The van der Waals surface area contributed by atoms with E-state index in [-0.39, 0.29) is 12.4 Å². The molecule has 6 heteroatoms. The highest BCUT2D eigenvalue weighted by atomic mass is 19.3. The summed E-state index contributed by atoms with van der Waals surface area (Å²) >= 11 is 0. The number of anilines is 1. The zero-order valence-electron chi connectivity index (χ0n) is 9.40. The Morgan fingerprint density at radius 3 is 2.47 bits per heavy atom. The monoisotopic (exact) mass is 247 g/mol. The molecule has 0 bridgehead atoms. The number of rotatable bonds is 7. The molecule has 96 valence electrons. The van der Waals surface area contributed by atoms with Gasteiger partial charge in [0.1, 0.15) is 5.75 Å². The van der Waals surface area contributed by atoms with Crippen LogP contribution in [0, 0.1) is 0 Å². The Morgan fingerprint density at radius 1 is 1.29 bits per heavy atom. The van der Waals surface area contributed by atoms with Crippen LogP contribution < -0.4 is 10.1 Å². The molecule has 0 aliphatic rings. The average molecular weight is 247 g/mol. The fraction of sp³-hybridized carbons (Fsp3) is 0.455. The molecule has 0 fully saturated rings. The minimum Gasteiger partial charge on any atom is -0.435 e. The van der Waals surface area contributed by atoms with Crippen LogP contribution in [0.1, 0.15) is 0 Å². The van der Waals surface area contributed by atoms with Gasteiger partial charge in [-0.1, -0.05) is 0 Å². The van der Waals surface area contributed by atoms with E-state index < -0.39 is 12.7 Å². The molecule has 1 atom stereocenters. The molecule has 17 heavy (non-hydrogen) atoms. The van der Waals surface area contributed by atoms with Crippen LogP contribution >= 0.6 is 0 Å². The molecular formula is C11H15F2NO3. The smallest absolute Gasteiger partial charge is 0.387 e. The Kier molecular flexibility index (Phi) is 5.65. The number of aliphatic hydroxyl groups excluding tert-OH is 1. The van der Waals surface area contributed by atoms with Gasteiger partial charge in [0.05, 0.1) is 12.7 Å². The molecule has 2 N–H and O–H groups in total. The van der Waals surface area contributed by atoms with E-state index in [0.717, 1.165) is 0 Å². The first-order valence-electron chi connectivity index (χ1n) is 5.07. The van der Waals surface area contributed by atoms with Crippen molar-refractivity contribution in [3.05, 3.63) is 24.3 Å². The molecule has 0 radical (unpaired) electrons. The second kappa shape index (κ2) is 7.03. The van der Waals surface area contributed by atoms with Crippen LogP contribution in [0.4, 0.5) is 14.5 Å². The molecule has 0 spiro atoms. The summed E-state index contributed by atoms with van der Waals surface area (Å²) in [5.41, 5.74) is 0.710. The number of hydrogen-bond acceptors (Lipinski definition) is 4. The third kappa shape index (κ3) is 5.46. The van der Waals surface area contributed by atoms with Gasteiger partial charge in [0.15, 0.2) is 0 Å². The molecule has 1 rings (SSSR count). The third-order valence-electron chi connectivity index (χ3n) is 1.98. The maximum atomic E-state index is 11.9. The summed E-state index contributed by atoms with van der Waals surface area (Å²) in [6.07, 6.45) is -0.614. The van der Waals surface area contributed by atoms with Crippen molar-refractivity contribution in [2.75, 3.05) is 25.6 Å². The Morgan fingerprint density at radius 2 is 1.94 bits per heavy atom. The van der Waals surface area contributed by atoms with E-state index in [4.69, 9.17) is 4.74 Å². The van der Waals surface area contributed by atoms with Crippen LogP contribution in [0.3, 0.4) is 0 Å². The van der Waals surface area contributed by atoms with E-state index in [2.05, 4.69) is 10.1 Å². The summed E-state index contributed by atoms with van der Waals surface area (Å²) in [7, 11) is 1.50. The lowest BCUT2D eigenvalue weighted by Crippen LogP contribution is -2.24. The van der Waals surface area contributed by atoms with Crippen molar-refractivity contribution in [2.24, 2.45) is 0 Å². The summed E-state index contributed by atoms with van der Waals surface area (Å²) in [6.45, 7) is -2.26. The van der Waals surface area contributed by atoms with Gasteiger partial charge in [-0.15, -0.1) is 0 Å². The van der Waals surface area contributed by atoms with E-state index in [1.807, 2.05) is 0 Å². The van der Waals surface area contributed by atoms with Crippen molar-refractivity contribution in [3.63, 3.8) is 0 Å². The number of hydrogen-bond donors (Lipinski definition) is 2. The van der Waals surface area contributed by atoms with Gasteiger partial charge in [-0.25, -0.2) is 0 Å². The summed E-state index contributed by atoms with van der Waals surface area (Å²) in [5, 5.41) is 12.3. The molecule has 1 unspecified atom stereocenters. The predicted molar refractivity (Wildman–Crippen MR) is 59.4 cm³/mol. The first-order chi connectivity index (χ1) is 8.11. The van der Waals surface area contributed by atoms with Crippen LogP contribution in [-0.4, -0.2) is 38.1 Å². The number of nitrogens with one attached hydrogen (secondary N) is 1. The second-order valence-corrected chi connectivity index (χ2v) is 3.39. The van der Waals surface area contributed by atoms with Gasteiger partial charge in [-0.3, -0.25) is 0 Å². The van der Waals surface area contributed by atoms with Crippen molar-refractivity contribution >= 4 is 5.69 Å². The fourth-order valence-corrected chi connectivity index (χ4v) is 1.24. The number of ether oxygens (including phenoxy) is 2. The van der Waals surface area contributed by atoms with Crippen LogP contribution in [0.2, 0.25) is 0 Å². The number of aliphatic hydroxyl groups is 1. The minimum absolute atomic E-state index is 0.1000. The Hall–Kier alpha value is -1.40. The average Bonchev–Trinajstić information content (AvgIpc) is 2.28. The van der Waals surface area contributed by atoms with Crippen molar-refractivity contribution in [3.8, 4) is 5.75 Å². The van der Waals surface area contributed by atoms with E-state index in [0.29, 0.717) is 12.2 Å². The first-order valence-corrected chi connectivity index (χ1v) is 5.07. The molecule has 0 saturated heterocycles. The van der Waals surface area contributed by atoms with Crippen molar-refractivity contribution in [1.29, 1.82) is 0 Å². The molecule has 0 heterocycles. The molecular weight excluding hydrogens is 232 g/mol. The number of halogens is 2. The van der Waals surface area contributed by atoms with Crippen LogP contribution in [-0.2, 0) is 4.74 Å². The third-order valence-corrected chi connectivity index (χ3v) is 1.98. The largest absolute Gasteiger partial charge is 0.435 e. The molecule has 1 aromatic rings. The van der Waals surface area contributed by atoms with Crippen LogP contribution in [0.5, 0.6) is 5.75 Å². The SMILES string of the molecule is COCC(O)CNc1ccc(OC(F)F)cc1. The van der Waals surface area contributed by atoms with Gasteiger partial charge in [0, 0.05) is 19.3 Å². The lowest BCUT2D eigenvalue weighted by atomic mass is 10.3. The van der Waals surface area contributed by atoms with E-state index in [1.165, 1.54) is 19.2 Å². The normalized spacial score (nSPS) is 12.5. The number of alkyl halides is 2. The molecule has 0 aromatic heterocycles. The van der Waals surface area contributed by atoms with E-state index in [1.54, 1.807) is 12.1 Å². The summed E-state index contributed by atoms with van der Waals surface area (Å²) in [6, 6.07) is 6.04. The topological polar surface area (TPSA) is 50.7 Å². The first kappa shape index (κ1) is 13.7. The van der Waals surface area contributed by atoms with Crippen molar-refractivity contribution in [2.45, 2.75) is 12.7 Å². The van der Waals surface area contributed by atoms with Gasteiger partial charge in [-0.2, -0.15) is 8.78 Å². The zero-order chi connectivity index (χ0) is 12.7. The Bertz CT molecular complexity index is 319. The maximum absolute atomic E-state index is 11.9. The minimum atomic E-state index is -2.82. The Balaban J connectivity index is 2.40.